The molecule has 0 radical (unpaired) electrons. The van der Waals surface area contributed by atoms with Gasteiger partial charge < -0.3 is 10.2 Å². The maximum absolute atomic E-state index is 13.4. The van der Waals surface area contributed by atoms with Crippen molar-refractivity contribution in [2.24, 2.45) is 0 Å². The van der Waals surface area contributed by atoms with E-state index < -0.39 is 57.7 Å². The fourth-order valence-corrected chi connectivity index (χ4v) is 4.36. The molecule has 13 heteroatoms. The first-order valence-corrected chi connectivity index (χ1v) is 13.0. The molecule has 0 saturated carbocycles. The van der Waals surface area contributed by atoms with Crippen LogP contribution in [-0.2, 0) is 32.3 Å². The van der Waals surface area contributed by atoms with Crippen LogP contribution in [0.4, 0.5) is 23.2 Å². The number of anilines is 1. The van der Waals surface area contributed by atoms with Crippen molar-refractivity contribution in [3.05, 3.63) is 64.4 Å². The summed E-state index contributed by atoms with van der Waals surface area (Å²) in [5.74, 6) is -1.92. The van der Waals surface area contributed by atoms with Gasteiger partial charge in [-0.15, -0.1) is 0 Å². The van der Waals surface area contributed by atoms with Gasteiger partial charge in [0.05, 0.1) is 22.5 Å². The van der Waals surface area contributed by atoms with Gasteiger partial charge in [-0.05, 0) is 49.2 Å². The number of halogens is 5. The maximum Gasteiger partial charge on any atom is 0.416 e. The first-order valence-electron chi connectivity index (χ1n) is 10.8. The zero-order valence-electron chi connectivity index (χ0n) is 19.8. The summed E-state index contributed by atoms with van der Waals surface area (Å²) in [5, 5.41) is 2.32. The van der Waals surface area contributed by atoms with E-state index in [2.05, 4.69) is 5.32 Å². The standard InChI is InChI=1S/C23H26ClF4N3O4S/c1-4-11-29-22(33)15(2)30(13-16-5-8-18(25)9-6-16)21(32)14-31(36(3,34)35)20-12-17(23(26,27)28)7-10-19(20)24/h5-10,12,15H,4,11,13-14H2,1-3H3,(H,29,33)/t15-/m0/s1. The van der Waals surface area contributed by atoms with Crippen molar-refractivity contribution >= 4 is 39.1 Å². The molecule has 0 saturated heterocycles. The second-order valence-corrected chi connectivity index (χ2v) is 10.4. The summed E-state index contributed by atoms with van der Waals surface area (Å²) in [6.07, 6.45) is -3.44. The van der Waals surface area contributed by atoms with Gasteiger partial charge in [-0.3, -0.25) is 13.9 Å². The quantitative estimate of drug-likeness (QED) is 0.448. The van der Waals surface area contributed by atoms with Crippen LogP contribution >= 0.6 is 11.6 Å². The van der Waals surface area contributed by atoms with Gasteiger partial charge in [0.15, 0.2) is 0 Å². The maximum atomic E-state index is 13.4. The summed E-state index contributed by atoms with van der Waals surface area (Å²) in [5.41, 5.74) is -1.24. The average molecular weight is 552 g/mol. The molecule has 2 rings (SSSR count). The zero-order chi connectivity index (χ0) is 27.3. The highest BCUT2D eigenvalue weighted by molar-refractivity contribution is 7.92. The Morgan fingerprint density at radius 3 is 2.25 bits per heavy atom. The van der Waals surface area contributed by atoms with Crippen LogP contribution in [0.2, 0.25) is 5.02 Å². The highest BCUT2D eigenvalue weighted by atomic mass is 35.5. The van der Waals surface area contributed by atoms with Crippen LogP contribution in [-0.4, -0.2) is 50.5 Å². The molecule has 0 aliphatic heterocycles. The number of benzene rings is 2. The Morgan fingerprint density at radius 1 is 1.11 bits per heavy atom. The number of carbonyl (C=O) groups is 2. The molecule has 2 amide bonds. The van der Waals surface area contributed by atoms with E-state index in [1.54, 1.807) is 0 Å². The number of nitrogens with one attached hydrogen (secondary N) is 1. The minimum Gasteiger partial charge on any atom is -0.354 e. The monoisotopic (exact) mass is 551 g/mol. The van der Waals surface area contributed by atoms with Gasteiger partial charge in [0.1, 0.15) is 18.4 Å². The fraction of sp³-hybridized carbons (Fsp3) is 0.391. The lowest BCUT2D eigenvalue weighted by molar-refractivity contribution is -0.139. The summed E-state index contributed by atoms with van der Waals surface area (Å²) in [4.78, 5) is 27.0. The lowest BCUT2D eigenvalue weighted by atomic mass is 10.1. The van der Waals surface area contributed by atoms with Crippen LogP contribution < -0.4 is 9.62 Å². The summed E-state index contributed by atoms with van der Waals surface area (Å²) in [6.45, 7) is 2.47. The minimum absolute atomic E-state index is 0.187. The Bertz CT molecular complexity index is 1190. The Kier molecular flexibility index (Phi) is 9.72. The molecule has 1 atom stereocenters. The van der Waals surface area contributed by atoms with Gasteiger partial charge in [-0.1, -0.05) is 30.7 Å². The predicted octanol–water partition coefficient (Wildman–Crippen LogP) is 4.21. The van der Waals surface area contributed by atoms with Gasteiger partial charge in [0.25, 0.3) is 0 Å². The average Bonchev–Trinajstić information content (AvgIpc) is 2.79. The summed E-state index contributed by atoms with van der Waals surface area (Å²) >= 11 is 6.03. The fourth-order valence-electron chi connectivity index (χ4n) is 3.24. The van der Waals surface area contributed by atoms with Crippen molar-refractivity contribution in [3.8, 4) is 0 Å². The first-order chi connectivity index (χ1) is 16.6. The van der Waals surface area contributed by atoms with Crippen molar-refractivity contribution in [2.45, 2.75) is 39.0 Å². The number of alkyl halides is 3. The second-order valence-electron chi connectivity index (χ2n) is 8.05. The number of sulfonamides is 1. The molecular weight excluding hydrogens is 526 g/mol. The van der Waals surface area contributed by atoms with Crippen LogP contribution in [0, 0.1) is 5.82 Å². The van der Waals surface area contributed by atoms with Crippen LogP contribution in [0.15, 0.2) is 42.5 Å². The van der Waals surface area contributed by atoms with Crippen LogP contribution in [0.5, 0.6) is 0 Å². The third-order valence-electron chi connectivity index (χ3n) is 5.20. The molecule has 0 heterocycles. The minimum atomic E-state index is -4.78. The number of amides is 2. The van der Waals surface area contributed by atoms with E-state index in [4.69, 9.17) is 11.6 Å². The van der Waals surface area contributed by atoms with E-state index in [-0.39, 0.29) is 11.6 Å². The molecule has 0 bridgehead atoms. The summed E-state index contributed by atoms with van der Waals surface area (Å²) in [6, 6.07) is 6.14. The number of hydrogen-bond acceptors (Lipinski definition) is 4. The lowest BCUT2D eigenvalue weighted by Crippen LogP contribution is -2.51. The van der Waals surface area contributed by atoms with E-state index in [9.17, 15) is 35.6 Å². The Morgan fingerprint density at radius 2 is 1.72 bits per heavy atom. The SMILES string of the molecule is CCCNC(=O)[C@H](C)N(Cc1ccc(F)cc1)C(=O)CN(c1cc(C(F)(F)F)ccc1Cl)S(C)(=O)=O. The topological polar surface area (TPSA) is 86.8 Å². The van der Waals surface area contributed by atoms with Crippen molar-refractivity contribution in [1.82, 2.24) is 10.2 Å². The molecule has 0 aromatic heterocycles. The molecule has 0 spiro atoms. The van der Waals surface area contributed by atoms with Crippen LogP contribution in [0.3, 0.4) is 0 Å². The van der Waals surface area contributed by atoms with E-state index >= 15 is 0 Å². The van der Waals surface area contributed by atoms with E-state index in [0.29, 0.717) is 35.0 Å². The van der Waals surface area contributed by atoms with Gasteiger partial charge in [-0.2, -0.15) is 13.2 Å². The summed E-state index contributed by atoms with van der Waals surface area (Å²) < 4.78 is 78.7. The van der Waals surface area contributed by atoms with Gasteiger partial charge >= 0.3 is 6.18 Å². The number of carbonyl (C=O) groups excluding carboxylic acids is 2. The molecular formula is C23H26ClF4N3O4S. The van der Waals surface area contributed by atoms with Crippen LogP contribution in [0.1, 0.15) is 31.4 Å². The molecule has 198 valence electrons. The van der Waals surface area contributed by atoms with Crippen molar-refractivity contribution in [3.63, 3.8) is 0 Å². The van der Waals surface area contributed by atoms with Crippen LogP contribution in [0.25, 0.3) is 0 Å². The van der Waals surface area contributed by atoms with Gasteiger partial charge in [0.2, 0.25) is 21.8 Å². The molecule has 7 nitrogen and oxygen atoms in total. The lowest BCUT2D eigenvalue weighted by Gasteiger charge is -2.32. The summed E-state index contributed by atoms with van der Waals surface area (Å²) in [7, 11) is -4.29. The number of rotatable bonds is 10. The number of nitrogens with zero attached hydrogens (tertiary/aromatic N) is 2. The molecule has 2 aromatic carbocycles. The highest BCUT2D eigenvalue weighted by Crippen LogP contribution is 2.36. The second kappa shape index (κ2) is 11.9. The molecule has 0 unspecified atom stereocenters. The van der Waals surface area contributed by atoms with E-state index in [1.807, 2.05) is 6.92 Å². The molecule has 36 heavy (non-hydrogen) atoms. The Balaban J connectivity index is 2.47. The normalized spacial score (nSPS) is 12.7. The van der Waals surface area contributed by atoms with Gasteiger partial charge in [-0.25, -0.2) is 12.8 Å². The van der Waals surface area contributed by atoms with Crippen molar-refractivity contribution < 1.29 is 35.6 Å². The Labute approximate surface area is 212 Å². The predicted molar refractivity (Wildman–Crippen MR) is 128 cm³/mol. The zero-order valence-corrected chi connectivity index (χ0v) is 21.3. The first kappa shape index (κ1) is 29.4. The van der Waals surface area contributed by atoms with E-state index in [1.165, 1.54) is 19.1 Å². The third-order valence-corrected chi connectivity index (χ3v) is 6.65. The molecule has 0 aliphatic rings. The number of hydrogen-bond donors (Lipinski definition) is 1. The molecule has 2 aromatic rings. The van der Waals surface area contributed by atoms with Crippen molar-refractivity contribution in [1.29, 1.82) is 0 Å². The molecule has 0 aliphatic carbocycles. The highest BCUT2D eigenvalue weighted by Gasteiger charge is 2.34. The molecule has 0 fully saturated rings. The Hall–Kier alpha value is -2.86. The largest absolute Gasteiger partial charge is 0.416 e. The molecule has 1 N–H and O–H groups in total. The van der Waals surface area contributed by atoms with Crippen molar-refractivity contribution in [2.75, 3.05) is 23.7 Å². The third kappa shape index (κ3) is 7.82. The van der Waals surface area contributed by atoms with E-state index in [0.717, 1.165) is 29.4 Å². The van der Waals surface area contributed by atoms with Gasteiger partial charge in [0, 0.05) is 13.1 Å². The smallest absolute Gasteiger partial charge is 0.354 e.